The molecule has 0 spiro atoms. The lowest BCUT2D eigenvalue weighted by atomic mass is 9.83. The van der Waals surface area contributed by atoms with Crippen LogP contribution in [0.3, 0.4) is 0 Å². The number of hydrogen-bond acceptors (Lipinski definition) is 10. The van der Waals surface area contributed by atoms with Crippen molar-refractivity contribution in [2.45, 2.75) is 63.0 Å². The van der Waals surface area contributed by atoms with Gasteiger partial charge in [-0.15, -0.1) is 0 Å². The van der Waals surface area contributed by atoms with Crippen molar-refractivity contribution >= 4 is 17.7 Å². The maximum Gasteiger partial charge on any atom is 0.338 e. The van der Waals surface area contributed by atoms with Crippen molar-refractivity contribution in [2.75, 3.05) is 20.0 Å². The van der Waals surface area contributed by atoms with Crippen molar-refractivity contribution in [3.8, 4) is 23.6 Å². The van der Waals surface area contributed by atoms with E-state index in [1.165, 1.54) is 26.0 Å². The molecule has 0 saturated heterocycles. The van der Waals surface area contributed by atoms with E-state index in [9.17, 15) is 15.3 Å². The summed E-state index contributed by atoms with van der Waals surface area (Å²) in [6.45, 7) is 3.49. The average Bonchev–Trinajstić information content (AvgIpc) is 3.18. The summed E-state index contributed by atoms with van der Waals surface area (Å²) in [5.41, 5.74) is 9.62. The number of carbonyl (C=O) groups excluding carboxylic acids is 1. The molecule has 4 rings (SSSR count). The van der Waals surface area contributed by atoms with Crippen LogP contribution in [0, 0.1) is 22.7 Å². The van der Waals surface area contributed by atoms with Crippen LogP contribution in [0.5, 0.6) is 11.5 Å². The smallest absolute Gasteiger partial charge is 0.338 e. The number of nitrogens with two attached hydrogens (primary N) is 1. The predicted octanol–water partition coefficient (Wildman–Crippen LogP) is 5.05. The molecule has 1 aromatic heterocycles. The molecular weight excluding hydrogens is 528 g/mol. The fourth-order valence-corrected chi connectivity index (χ4v) is 5.79. The van der Waals surface area contributed by atoms with Crippen LogP contribution in [-0.2, 0) is 27.1 Å². The minimum absolute atomic E-state index is 0.0700. The molecule has 208 valence electrons. The van der Waals surface area contributed by atoms with Gasteiger partial charge in [0.15, 0.2) is 0 Å². The van der Waals surface area contributed by atoms with Gasteiger partial charge in [-0.3, -0.25) is 0 Å². The van der Waals surface area contributed by atoms with Crippen molar-refractivity contribution in [3.05, 3.63) is 69.4 Å². The minimum Gasteiger partial charge on any atom is -0.497 e. The third-order valence-electron chi connectivity index (χ3n) is 6.74. The Hall–Kier alpha value is -4.15. The Kier molecular flexibility index (Phi) is 9.23. The fraction of sp³-hybridized carbons (Fsp3) is 0.400. The molecule has 2 aromatic rings. The van der Waals surface area contributed by atoms with Crippen LogP contribution < -0.4 is 15.2 Å². The van der Waals surface area contributed by atoms with E-state index in [2.05, 4.69) is 12.1 Å². The van der Waals surface area contributed by atoms with Gasteiger partial charge in [0, 0.05) is 11.8 Å². The van der Waals surface area contributed by atoms with Gasteiger partial charge in [0.1, 0.15) is 40.0 Å². The number of aryl methyl sites for hydroxylation is 2. The largest absolute Gasteiger partial charge is 0.497 e. The fourth-order valence-electron chi connectivity index (χ4n) is 4.87. The van der Waals surface area contributed by atoms with Crippen LogP contribution in [0.15, 0.2) is 52.1 Å². The van der Waals surface area contributed by atoms with Gasteiger partial charge in [-0.25, -0.2) is 9.78 Å². The van der Waals surface area contributed by atoms with E-state index in [4.69, 9.17) is 29.7 Å². The number of fused-ring (bicyclic) bond motifs is 1. The van der Waals surface area contributed by atoms with Gasteiger partial charge in [-0.2, -0.15) is 10.5 Å². The van der Waals surface area contributed by atoms with Gasteiger partial charge in [0.05, 0.1) is 43.1 Å². The van der Waals surface area contributed by atoms with Crippen LogP contribution in [0.1, 0.15) is 61.4 Å². The van der Waals surface area contributed by atoms with Gasteiger partial charge < -0.3 is 24.7 Å². The molecule has 0 fully saturated rings. The summed E-state index contributed by atoms with van der Waals surface area (Å²) in [5, 5.41) is 20.5. The van der Waals surface area contributed by atoms with Crippen LogP contribution in [0.4, 0.5) is 0 Å². The number of benzene rings is 1. The summed E-state index contributed by atoms with van der Waals surface area (Å²) >= 11 is 1.29. The minimum atomic E-state index is -0.889. The van der Waals surface area contributed by atoms with E-state index < -0.39 is 18.0 Å². The molecular formula is C30H32N4O5S. The van der Waals surface area contributed by atoms with Gasteiger partial charge in [0.25, 0.3) is 0 Å². The molecule has 2 heterocycles. The molecule has 2 aliphatic rings. The third-order valence-corrected chi connectivity index (χ3v) is 7.73. The van der Waals surface area contributed by atoms with Crippen molar-refractivity contribution in [3.63, 3.8) is 0 Å². The lowest BCUT2D eigenvalue weighted by Gasteiger charge is -2.29. The Labute approximate surface area is 238 Å². The Balaban J connectivity index is 1.81. The number of nitriles is 2. The Morgan fingerprint density at radius 1 is 1.10 bits per heavy atom. The quantitative estimate of drug-likeness (QED) is 0.265. The summed E-state index contributed by atoms with van der Waals surface area (Å²) in [7, 11) is 3.04. The molecule has 2 N–H and O–H groups in total. The van der Waals surface area contributed by atoms with Gasteiger partial charge in [0.2, 0.25) is 5.88 Å². The van der Waals surface area contributed by atoms with Crippen molar-refractivity contribution in [1.82, 2.24) is 4.98 Å². The number of thioether (sulfide) groups is 1. The number of allylic oxidation sites excluding steroid dienone is 1. The highest BCUT2D eigenvalue weighted by Gasteiger charge is 2.38. The molecule has 40 heavy (non-hydrogen) atoms. The molecule has 1 atom stereocenters. The number of methoxy groups -OCH3 is 2. The second-order valence-corrected chi connectivity index (χ2v) is 10.7. The normalized spacial score (nSPS) is 16.8. The van der Waals surface area contributed by atoms with E-state index in [-0.39, 0.29) is 28.5 Å². The number of rotatable bonds is 8. The highest BCUT2D eigenvalue weighted by molar-refractivity contribution is 7.99. The first-order valence-electron chi connectivity index (χ1n) is 13.1. The number of nitrogens with zero attached hydrogens (tertiary/aromatic N) is 3. The van der Waals surface area contributed by atoms with E-state index >= 15 is 0 Å². The highest BCUT2D eigenvalue weighted by Crippen LogP contribution is 2.43. The molecule has 1 aliphatic carbocycles. The standard InChI is InChI=1S/C30H32N4O5S/c1-17(2)38-30(35)27-25(16-40-29-20(14-31)10-18-8-6-5-7-9-24(18)34-29)39-28(33)23(15-32)26(27)19-11-21(36-3)13-22(12-19)37-4/h10-13,17,26H,5-9,16,33H2,1-4H3/t26-/m0/s1. The Morgan fingerprint density at radius 3 is 2.42 bits per heavy atom. The van der Waals surface area contributed by atoms with Crippen molar-refractivity contribution in [2.24, 2.45) is 5.73 Å². The lowest BCUT2D eigenvalue weighted by Crippen LogP contribution is -2.28. The van der Waals surface area contributed by atoms with Gasteiger partial charge in [-0.1, -0.05) is 18.2 Å². The highest BCUT2D eigenvalue weighted by atomic mass is 32.2. The monoisotopic (exact) mass is 560 g/mol. The van der Waals surface area contributed by atoms with E-state index in [1.807, 2.05) is 6.07 Å². The zero-order valence-electron chi connectivity index (χ0n) is 23.1. The van der Waals surface area contributed by atoms with Crippen molar-refractivity contribution in [1.29, 1.82) is 10.5 Å². The van der Waals surface area contributed by atoms with E-state index in [0.717, 1.165) is 43.4 Å². The van der Waals surface area contributed by atoms with Crippen LogP contribution >= 0.6 is 11.8 Å². The first-order chi connectivity index (χ1) is 19.3. The molecule has 1 aromatic carbocycles. The number of hydrogen-bond donors (Lipinski definition) is 1. The SMILES string of the molecule is COc1cc(OC)cc([C@H]2C(C#N)=C(N)OC(CSc3nc4c(cc3C#N)CCCCC4)=C2C(=O)OC(C)C)c1. The van der Waals surface area contributed by atoms with E-state index in [0.29, 0.717) is 27.7 Å². The zero-order valence-corrected chi connectivity index (χ0v) is 23.9. The molecule has 1 aliphatic heterocycles. The summed E-state index contributed by atoms with van der Waals surface area (Å²) < 4.78 is 22.4. The number of ether oxygens (including phenoxy) is 4. The van der Waals surface area contributed by atoms with Crippen molar-refractivity contribution < 1.29 is 23.7 Å². The van der Waals surface area contributed by atoms with E-state index in [1.54, 1.807) is 32.0 Å². The lowest BCUT2D eigenvalue weighted by molar-refractivity contribution is -0.143. The van der Waals surface area contributed by atoms with Crippen LogP contribution in [0.2, 0.25) is 0 Å². The summed E-state index contributed by atoms with van der Waals surface area (Å²) in [6.07, 6.45) is 4.62. The summed E-state index contributed by atoms with van der Waals surface area (Å²) in [4.78, 5) is 18.4. The maximum absolute atomic E-state index is 13.6. The van der Waals surface area contributed by atoms with Crippen LogP contribution in [0.25, 0.3) is 0 Å². The topological polar surface area (TPSA) is 140 Å². The second-order valence-electron chi connectivity index (χ2n) is 9.77. The number of carbonyl (C=O) groups is 1. The molecule has 0 amide bonds. The first-order valence-corrected chi connectivity index (χ1v) is 14.1. The summed E-state index contributed by atoms with van der Waals surface area (Å²) in [6, 6.07) is 11.4. The molecule has 0 radical (unpaired) electrons. The number of aromatic nitrogens is 1. The zero-order chi connectivity index (χ0) is 28.8. The van der Waals surface area contributed by atoms with Gasteiger partial charge >= 0.3 is 5.97 Å². The number of esters is 1. The third kappa shape index (κ3) is 6.19. The molecule has 10 heteroatoms. The maximum atomic E-state index is 13.6. The molecule has 0 saturated carbocycles. The molecule has 0 bridgehead atoms. The predicted molar refractivity (Wildman–Crippen MR) is 149 cm³/mol. The first kappa shape index (κ1) is 28.8. The molecule has 9 nitrogen and oxygen atoms in total. The van der Waals surface area contributed by atoms with Gasteiger partial charge in [-0.05, 0) is 68.9 Å². The Bertz CT molecular complexity index is 1430. The van der Waals surface area contributed by atoms with Crippen LogP contribution in [-0.4, -0.2) is 37.0 Å². The molecule has 0 unspecified atom stereocenters. The Morgan fingerprint density at radius 2 is 1.80 bits per heavy atom. The summed E-state index contributed by atoms with van der Waals surface area (Å²) in [5.74, 6) is -0.289. The average molecular weight is 561 g/mol. The number of pyridine rings is 1. The second kappa shape index (κ2) is 12.8.